The van der Waals surface area contributed by atoms with Gasteiger partial charge in [0, 0.05) is 17.9 Å². The molecule has 2 rings (SSSR count). The summed E-state index contributed by atoms with van der Waals surface area (Å²) < 4.78 is 15.0. The summed E-state index contributed by atoms with van der Waals surface area (Å²) >= 11 is 0. The second kappa shape index (κ2) is 5.74. The monoisotopic (exact) mass is 291 g/mol. The number of aromatic nitrogens is 2. The number of amides is 1. The molecule has 2 aromatic rings. The predicted molar refractivity (Wildman–Crippen MR) is 74.0 cm³/mol. The van der Waals surface area contributed by atoms with Crippen LogP contribution in [0.5, 0.6) is 0 Å². The van der Waals surface area contributed by atoms with E-state index in [0.717, 1.165) is 17.8 Å². The topological polar surface area (TPSA) is 84.2 Å². The summed E-state index contributed by atoms with van der Waals surface area (Å²) in [6.45, 7) is 4.34. The van der Waals surface area contributed by atoms with Crippen LogP contribution in [0.3, 0.4) is 0 Å². The lowest BCUT2D eigenvalue weighted by molar-refractivity contribution is 0.0696. The van der Waals surface area contributed by atoms with E-state index >= 15 is 0 Å². The summed E-state index contributed by atoms with van der Waals surface area (Å²) in [7, 11) is 0. The number of hydrogen-bond donors (Lipinski definition) is 2. The first-order valence-corrected chi connectivity index (χ1v) is 6.30. The highest BCUT2D eigenvalue weighted by molar-refractivity contribution is 6.03. The molecule has 21 heavy (non-hydrogen) atoms. The van der Waals surface area contributed by atoms with Gasteiger partial charge in [-0.2, -0.15) is 5.10 Å². The van der Waals surface area contributed by atoms with E-state index in [2.05, 4.69) is 10.4 Å². The normalized spacial score (nSPS) is 10.4. The minimum absolute atomic E-state index is 0.0705. The lowest BCUT2D eigenvalue weighted by Crippen LogP contribution is -2.14. The molecule has 0 aliphatic carbocycles. The summed E-state index contributed by atoms with van der Waals surface area (Å²) in [5.41, 5.74) is 0.852. The number of carboxylic acids is 1. The van der Waals surface area contributed by atoms with E-state index < -0.39 is 17.7 Å². The Hall–Kier alpha value is -2.70. The number of nitrogens with zero attached hydrogens (tertiary/aromatic N) is 2. The van der Waals surface area contributed by atoms with Crippen LogP contribution in [0.15, 0.2) is 24.3 Å². The average Bonchev–Trinajstić information content (AvgIpc) is 2.79. The minimum Gasteiger partial charge on any atom is -0.478 e. The zero-order valence-corrected chi connectivity index (χ0v) is 11.6. The van der Waals surface area contributed by atoms with E-state index in [0.29, 0.717) is 6.54 Å². The lowest BCUT2D eigenvalue weighted by atomic mass is 10.2. The molecule has 0 spiro atoms. The molecule has 6 nitrogen and oxygen atoms in total. The fourth-order valence-electron chi connectivity index (χ4n) is 1.92. The van der Waals surface area contributed by atoms with Gasteiger partial charge in [0.15, 0.2) is 5.69 Å². The van der Waals surface area contributed by atoms with Gasteiger partial charge in [-0.3, -0.25) is 9.48 Å². The summed E-state index contributed by atoms with van der Waals surface area (Å²) in [6.07, 6.45) is 0. The molecule has 0 aliphatic rings. The largest absolute Gasteiger partial charge is 0.478 e. The van der Waals surface area contributed by atoms with Crippen molar-refractivity contribution in [2.24, 2.45) is 0 Å². The second-order valence-corrected chi connectivity index (χ2v) is 4.47. The van der Waals surface area contributed by atoms with Crippen molar-refractivity contribution in [2.75, 3.05) is 5.32 Å². The quantitative estimate of drug-likeness (QED) is 0.905. The number of benzene rings is 1. The van der Waals surface area contributed by atoms with E-state index in [4.69, 9.17) is 5.11 Å². The summed E-state index contributed by atoms with van der Waals surface area (Å²) in [6, 6.07) is 4.73. The number of carboxylic acid groups (broad SMARTS) is 1. The third-order valence-corrected chi connectivity index (χ3v) is 2.92. The van der Waals surface area contributed by atoms with Crippen molar-refractivity contribution >= 4 is 17.6 Å². The van der Waals surface area contributed by atoms with Gasteiger partial charge >= 0.3 is 5.97 Å². The van der Waals surface area contributed by atoms with E-state index in [-0.39, 0.29) is 16.9 Å². The Kier molecular flexibility index (Phi) is 4.02. The van der Waals surface area contributed by atoms with Gasteiger partial charge in [-0.25, -0.2) is 9.18 Å². The molecule has 1 heterocycles. The standard InChI is InChI=1S/C14H14FN3O3/c1-3-18-8(2)4-12(17-18)13(19)16-11-6-9(14(20)21)5-10(15)7-11/h4-7H,3H2,1-2H3,(H,16,19)(H,20,21). The van der Waals surface area contributed by atoms with Crippen LogP contribution in [0, 0.1) is 12.7 Å². The molecule has 0 saturated carbocycles. The number of halogens is 1. The first-order valence-electron chi connectivity index (χ1n) is 6.30. The molecule has 0 saturated heterocycles. The Morgan fingerprint density at radius 1 is 1.33 bits per heavy atom. The number of aromatic carboxylic acids is 1. The molecule has 0 atom stereocenters. The summed E-state index contributed by atoms with van der Waals surface area (Å²) in [5, 5.41) is 15.4. The highest BCUT2D eigenvalue weighted by Gasteiger charge is 2.14. The molecule has 7 heteroatoms. The smallest absolute Gasteiger partial charge is 0.335 e. The molecule has 1 aromatic carbocycles. The molecule has 2 N–H and O–H groups in total. The van der Waals surface area contributed by atoms with Gasteiger partial charge in [0.2, 0.25) is 0 Å². The molecular weight excluding hydrogens is 277 g/mol. The first-order chi connectivity index (χ1) is 9.90. The molecular formula is C14H14FN3O3. The van der Waals surface area contributed by atoms with Crippen molar-refractivity contribution in [3.05, 3.63) is 47.0 Å². The average molecular weight is 291 g/mol. The molecule has 0 aliphatic heterocycles. The van der Waals surface area contributed by atoms with Crippen LogP contribution in [0.4, 0.5) is 10.1 Å². The molecule has 0 fully saturated rings. The third-order valence-electron chi connectivity index (χ3n) is 2.92. The van der Waals surface area contributed by atoms with Gasteiger partial charge in [-0.15, -0.1) is 0 Å². The van der Waals surface area contributed by atoms with Crippen LogP contribution in [-0.4, -0.2) is 26.8 Å². The highest BCUT2D eigenvalue weighted by Crippen LogP contribution is 2.15. The summed E-state index contributed by atoms with van der Waals surface area (Å²) in [4.78, 5) is 22.9. The van der Waals surface area contributed by atoms with Crippen molar-refractivity contribution in [3.8, 4) is 0 Å². The van der Waals surface area contributed by atoms with Crippen LogP contribution in [-0.2, 0) is 6.54 Å². The van der Waals surface area contributed by atoms with Crippen LogP contribution < -0.4 is 5.32 Å². The zero-order chi connectivity index (χ0) is 15.6. The SMILES string of the molecule is CCn1nc(C(=O)Nc2cc(F)cc(C(=O)O)c2)cc1C. The zero-order valence-electron chi connectivity index (χ0n) is 11.6. The number of aryl methyl sites for hydroxylation is 2. The fraction of sp³-hybridized carbons (Fsp3) is 0.214. The molecule has 1 aromatic heterocycles. The Labute approximate surface area is 120 Å². The van der Waals surface area contributed by atoms with Gasteiger partial charge in [-0.05, 0) is 38.1 Å². The van der Waals surface area contributed by atoms with Crippen molar-refractivity contribution in [1.29, 1.82) is 0 Å². The molecule has 1 amide bonds. The van der Waals surface area contributed by atoms with E-state index in [1.165, 1.54) is 6.07 Å². The van der Waals surface area contributed by atoms with E-state index in [1.54, 1.807) is 10.7 Å². The van der Waals surface area contributed by atoms with Gasteiger partial charge in [0.05, 0.1) is 5.56 Å². The fourth-order valence-corrected chi connectivity index (χ4v) is 1.92. The lowest BCUT2D eigenvalue weighted by Gasteiger charge is -2.05. The number of carbonyl (C=O) groups excluding carboxylic acids is 1. The van der Waals surface area contributed by atoms with E-state index in [9.17, 15) is 14.0 Å². The molecule has 0 bridgehead atoms. The van der Waals surface area contributed by atoms with E-state index in [1.807, 2.05) is 13.8 Å². The Morgan fingerprint density at radius 2 is 2.05 bits per heavy atom. The van der Waals surface area contributed by atoms with Crippen LogP contribution in [0.25, 0.3) is 0 Å². The third kappa shape index (κ3) is 3.25. The number of hydrogen-bond acceptors (Lipinski definition) is 3. The predicted octanol–water partition coefficient (Wildman–Crippen LogP) is 2.30. The second-order valence-electron chi connectivity index (χ2n) is 4.47. The van der Waals surface area contributed by atoms with Crippen molar-refractivity contribution in [1.82, 2.24) is 9.78 Å². The number of anilines is 1. The van der Waals surface area contributed by atoms with Crippen molar-refractivity contribution < 1.29 is 19.1 Å². The van der Waals surface area contributed by atoms with Gasteiger partial charge in [-0.1, -0.05) is 0 Å². The molecule has 0 unspecified atom stereocenters. The number of rotatable bonds is 4. The number of nitrogens with one attached hydrogen (secondary N) is 1. The van der Waals surface area contributed by atoms with Crippen molar-refractivity contribution in [3.63, 3.8) is 0 Å². The van der Waals surface area contributed by atoms with Gasteiger partial charge in [0.25, 0.3) is 5.91 Å². The Morgan fingerprint density at radius 3 is 2.62 bits per heavy atom. The maximum atomic E-state index is 13.3. The van der Waals surface area contributed by atoms with Crippen LogP contribution in [0.1, 0.15) is 33.5 Å². The minimum atomic E-state index is -1.27. The highest BCUT2D eigenvalue weighted by atomic mass is 19.1. The summed E-state index contributed by atoms with van der Waals surface area (Å²) in [5.74, 6) is -2.52. The maximum Gasteiger partial charge on any atom is 0.335 e. The molecule has 110 valence electrons. The van der Waals surface area contributed by atoms with Crippen molar-refractivity contribution in [2.45, 2.75) is 20.4 Å². The van der Waals surface area contributed by atoms with Crippen LogP contribution in [0.2, 0.25) is 0 Å². The Bertz CT molecular complexity index is 709. The number of carbonyl (C=O) groups is 2. The van der Waals surface area contributed by atoms with Gasteiger partial charge < -0.3 is 10.4 Å². The maximum absolute atomic E-state index is 13.3. The Balaban J connectivity index is 2.24. The first kappa shape index (κ1) is 14.7. The van der Waals surface area contributed by atoms with Crippen LogP contribution >= 0.6 is 0 Å². The van der Waals surface area contributed by atoms with Gasteiger partial charge in [0.1, 0.15) is 5.82 Å². The molecule has 0 radical (unpaired) electrons.